The highest BCUT2D eigenvalue weighted by Crippen LogP contribution is 2.23. The van der Waals surface area contributed by atoms with Gasteiger partial charge in [0.25, 0.3) is 0 Å². The van der Waals surface area contributed by atoms with Gasteiger partial charge in [-0.15, -0.1) is 0 Å². The van der Waals surface area contributed by atoms with Gasteiger partial charge in [-0.1, -0.05) is 6.92 Å². The molecule has 0 aromatic rings. The molecule has 0 saturated carbocycles. The van der Waals surface area contributed by atoms with Gasteiger partial charge in [0, 0.05) is 0 Å². The minimum atomic E-state index is -1.34. The van der Waals surface area contributed by atoms with Gasteiger partial charge in [0.2, 0.25) is 0 Å². The van der Waals surface area contributed by atoms with Gasteiger partial charge >= 0.3 is 0 Å². The molecule has 1 aliphatic heterocycles. The quantitative estimate of drug-likeness (QED) is 0.528. The molecule has 1 rings (SSSR count). The fraction of sp³-hybridized carbons (Fsp3) is 0.889. The molecule has 0 spiro atoms. The van der Waals surface area contributed by atoms with Crippen molar-refractivity contribution in [2.75, 3.05) is 0 Å². The second kappa shape index (κ2) is 4.35. The first kappa shape index (κ1) is 11.6. The number of carbonyl (C=O) groups is 1. The zero-order chi connectivity index (χ0) is 10.9. The van der Waals surface area contributed by atoms with Gasteiger partial charge in [-0.25, -0.2) is 0 Å². The lowest BCUT2D eigenvalue weighted by molar-refractivity contribution is -0.219. The van der Waals surface area contributed by atoms with Crippen LogP contribution in [0, 0.1) is 0 Å². The minimum absolute atomic E-state index is 0.345. The van der Waals surface area contributed by atoms with Crippen LogP contribution < -0.4 is 0 Å². The fourth-order valence-electron chi connectivity index (χ4n) is 1.62. The average molecular weight is 204 g/mol. The zero-order valence-corrected chi connectivity index (χ0v) is 8.25. The first-order chi connectivity index (χ1) is 6.49. The van der Waals surface area contributed by atoms with Crippen LogP contribution >= 0.6 is 0 Å². The molecule has 0 aromatic carbocycles. The molecule has 0 radical (unpaired) electrons. The van der Waals surface area contributed by atoms with Crippen LogP contribution in [0.15, 0.2) is 0 Å². The van der Waals surface area contributed by atoms with Crippen LogP contribution in [0.25, 0.3) is 0 Å². The summed E-state index contributed by atoms with van der Waals surface area (Å²) in [5.41, 5.74) is 0. The predicted octanol–water partition coefficient (Wildman–Crippen LogP) is -1.16. The van der Waals surface area contributed by atoms with E-state index in [4.69, 9.17) is 4.74 Å². The highest BCUT2D eigenvalue weighted by atomic mass is 16.5. The van der Waals surface area contributed by atoms with E-state index in [1.165, 1.54) is 6.92 Å². The molecule has 0 amide bonds. The first-order valence-corrected chi connectivity index (χ1v) is 4.69. The Hall–Kier alpha value is -0.490. The van der Waals surface area contributed by atoms with Crippen molar-refractivity contribution in [3.63, 3.8) is 0 Å². The molecule has 82 valence electrons. The maximum atomic E-state index is 11.0. The van der Waals surface area contributed by atoms with Gasteiger partial charge in [-0.3, -0.25) is 4.79 Å². The fourth-order valence-corrected chi connectivity index (χ4v) is 1.62. The molecule has 1 fully saturated rings. The van der Waals surface area contributed by atoms with Crippen LogP contribution in [0.3, 0.4) is 0 Å². The Kier molecular flexibility index (Phi) is 3.60. The van der Waals surface area contributed by atoms with E-state index in [0.29, 0.717) is 6.42 Å². The molecule has 5 unspecified atom stereocenters. The molecule has 5 heteroatoms. The van der Waals surface area contributed by atoms with Crippen molar-refractivity contribution in [2.24, 2.45) is 0 Å². The Labute approximate surface area is 82.3 Å². The Morgan fingerprint density at radius 3 is 2.21 bits per heavy atom. The van der Waals surface area contributed by atoms with Gasteiger partial charge in [-0.2, -0.15) is 0 Å². The maximum Gasteiger partial charge on any atom is 0.161 e. The van der Waals surface area contributed by atoms with Crippen molar-refractivity contribution in [3.8, 4) is 0 Å². The van der Waals surface area contributed by atoms with Crippen molar-refractivity contribution in [1.82, 2.24) is 0 Å². The third kappa shape index (κ3) is 1.95. The van der Waals surface area contributed by atoms with Crippen molar-refractivity contribution in [2.45, 2.75) is 50.8 Å². The Morgan fingerprint density at radius 2 is 1.79 bits per heavy atom. The van der Waals surface area contributed by atoms with Crippen LogP contribution in [0.1, 0.15) is 20.3 Å². The Balaban J connectivity index is 2.78. The van der Waals surface area contributed by atoms with E-state index in [2.05, 4.69) is 0 Å². The number of aliphatic hydroxyl groups is 3. The molecule has 0 bridgehead atoms. The number of hydrogen-bond donors (Lipinski definition) is 3. The molecule has 14 heavy (non-hydrogen) atoms. The van der Waals surface area contributed by atoms with Crippen molar-refractivity contribution < 1.29 is 24.9 Å². The number of ether oxygens (including phenoxy) is 1. The number of hydrogen-bond acceptors (Lipinski definition) is 5. The van der Waals surface area contributed by atoms with Crippen molar-refractivity contribution >= 4 is 5.78 Å². The molecule has 1 aliphatic rings. The second-order valence-electron chi connectivity index (χ2n) is 3.59. The summed E-state index contributed by atoms with van der Waals surface area (Å²) in [6, 6.07) is 0. The van der Waals surface area contributed by atoms with E-state index in [9.17, 15) is 20.1 Å². The molecule has 3 N–H and O–H groups in total. The number of ketones is 1. The molecule has 0 aromatic heterocycles. The van der Waals surface area contributed by atoms with E-state index in [1.807, 2.05) is 0 Å². The van der Waals surface area contributed by atoms with E-state index in [0.717, 1.165) is 0 Å². The van der Waals surface area contributed by atoms with E-state index in [1.54, 1.807) is 6.92 Å². The van der Waals surface area contributed by atoms with Gasteiger partial charge < -0.3 is 20.1 Å². The standard InChI is InChI=1S/C9H16O5/c1-3-5-6(11)7(12)8(13)9(14-5)4(2)10/h5-9,11-13H,3H2,1-2H3. The topological polar surface area (TPSA) is 87.0 Å². The highest BCUT2D eigenvalue weighted by Gasteiger charge is 2.44. The van der Waals surface area contributed by atoms with Crippen molar-refractivity contribution in [1.29, 1.82) is 0 Å². The van der Waals surface area contributed by atoms with Gasteiger partial charge in [-0.05, 0) is 13.3 Å². The second-order valence-corrected chi connectivity index (χ2v) is 3.59. The van der Waals surface area contributed by atoms with Crippen LogP contribution in [0.4, 0.5) is 0 Å². The molecular formula is C9H16O5. The summed E-state index contributed by atoms with van der Waals surface area (Å²) in [5.74, 6) is -0.345. The lowest BCUT2D eigenvalue weighted by Crippen LogP contribution is -2.59. The number of rotatable bonds is 2. The third-order valence-corrected chi connectivity index (χ3v) is 2.52. The summed E-state index contributed by atoms with van der Waals surface area (Å²) in [4.78, 5) is 11.0. The van der Waals surface area contributed by atoms with Crippen LogP contribution in [0.2, 0.25) is 0 Å². The largest absolute Gasteiger partial charge is 0.388 e. The molecule has 1 heterocycles. The predicted molar refractivity (Wildman–Crippen MR) is 47.7 cm³/mol. The molecule has 5 nitrogen and oxygen atoms in total. The monoisotopic (exact) mass is 204 g/mol. The Bertz CT molecular complexity index is 215. The molecule has 0 aliphatic carbocycles. The van der Waals surface area contributed by atoms with Gasteiger partial charge in [0.1, 0.15) is 24.4 Å². The van der Waals surface area contributed by atoms with Gasteiger partial charge in [0.15, 0.2) is 5.78 Å². The average Bonchev–Trinajstić information content (AvgIpc) is 2.14. The summed E-state index contributed by atoms with van der Waals surface area (Å²) in [5, 5.41) is 28.3. The smallest absolute Gasteiger partial charge is 0.161 e. The SMILES string of the molecule is CCC1OC(C(C)=O)C(O)C(O)C1O. The lowest BCUT2D eigenvalue weighted by Gasteiger charge is -2.39. The summed E-state index contributed by atoms with van der Waals surface area (Å²) in [6.07, 6.45) is -4.94. The molecular weight excluding hydrogens is 188 g/mol. The summed E-state index contributed by atoms with van der Waals surface area (Å²) >= 11 is 0. The summed E-state index contributed by atoms with van der Waals surface area (Å²) in [7, 11) is 0. The summed E-state index contributed by atoms with van der Waals surface area (Å²) in [6.45, 7) is 3.06. The lowest BCUT2D eigenvalue weighted by atomic mass is 9.92. The number of carbonyl (C=O) groups excluding carboxylic acids is 1. The number of aliphatic hydroxyl groups excluding tert-OH is 3. The summed E-state index contributed by atoms with van der Waals surface area (Å²) < 4.78 is 5.18. The van der Waals surface area contributed by atoms with E-state index >= 15 is 0 Å². The molecule has 5 atom stereocenters. The van der Waals surface area contributed by atoms with Crippen LogP contribution in [-0.2, 0) is 9.53 Å². The minimum Gasteiger partial charge on any atom is -0.388 e. The van der Waals surface area contributed by atoms with E-state index in [-0.39, 0.29) is 5.78 Å². The normalized spacial score (nSPS) is 43.6. The van der Waals surface area contributed by atoms with Crippen LogP contribution in [0.5, 0.6) is 0 Å². The highest BCUT2D eigenvalue weighted by molar-refractivity contribution is 5.81. The molecule has 1 saturated heterocycles. The number of Topliss-reactive ketones (excluding diaryl/α,β-unsaturated/α-hetero) is 1. The van der Waals surface area contributed by atoms with Crippen LogP contribution in [-0.4, -0.2) is 51.6 Å². The maximum absolute atomic E-state index is 11.0. The van der Waals surface area contributed by atoms with Crippen molar-refractivity contribution in [3.05, 3.63) is 0 Å². The zero-order valence-electron chi connectivity index (χ0n) is 8.25. The Morgan fingerprint density at radius 1 is 1.21 bits per heavy atom. The van der Waals surface area contributed by atoms with E-state index < -0.39 is 30.5 Å². The van der Waals surface area contributed by atoms with Gasteiger partial charge in [0.05, 0.1) is 6.10 Å². The first-order valence-electron chi connectivity index (χ1n) is 4.69. The third-order valence-electron chi connectivity index (χ3n) is 2.52.